The predicted molar refractivity (Wildman–Crippen MR) is 76.7 cm³/mol. The Morgan fingerprint density at radius 3 is 2.58 bits per heavy atom. The van der Waals surface area contributed by atoms with Crippen LogP contribution in [0.4, 0.5) is 0 Å². The second kappa shape index (κ2) is 8.94. The quantitative estimate of drug-likeness (QED) is 0.804. The molecule has 1 atom stereocenters. The molecule has 0 aliphatic carbocycles. The Balaban J connectivity index is 2.40. The highest BCUT2D eigenvalue weighted by atomic mass is 16.2. The minimum Gasteiger partial charge on any atom is -0.356 e. The van der Waals surface area contributed by atoms with Gasteiger partial charge in [-0.3, -0.25) is 9.59 Å². The zero-order valence-electron chi connectivity index (χ0n) is 12.4. The molecule has 1 fully saturated rings. The van der Waals surface area contributed by atoms with Crippen LogP contribution in [0.15, 0.2) is 0 Å². The summed E-state index contributed by atoms with van der Waals surface area (Å²) in [5, 5.41) is 3.00. The smallest absolute Gasteiger partial charge is 0.222 e. The van der Waals surface area contributed by atoms with Crippen molar-refractivity contribution in [3.05, 3.63) is 0 Å². The van der Waals surface area contributed by atoms with Crippen LogP contribution < -0.4 is 5.32 Å². The first kappa shape index (κ1) is 16.0. The lowest BCUT2D eigenvalue weighted by atomic mass is 10.0. The number of nitrogens with one attached hydrogen (secondary N) is 1. The van der Waals surface area contributed by atoms with E-state index in [1.165, 1.54) is 0 Å². The van der Waals surface area contributed by atoms with Crippen LogP contribution in [0.1, 0.15) is 58.8 Å². The first-order chi connectivity index (χ1) is 9.17. The van der Waals surface area contributed by atoms with Crippen molar-refractivity contribution in [2.45, 2.75) is 58.8 Å². The molecule has 1 aliphatic heterocycles. The number of hydrogen-bond acceptors (Lipinski definition) is 2. The van der Waals surface area contributed by atoms with Crippen molar-refractivity contribution in [1.82, 2.24) is 10.2 Å². The maximum absolute atomic E-state index is 12.0. The Bertz CT molecular complexity index is 292. The molecular weight excluding hydrogens is 240 g/mol. The molecule has 1 aliphatic rings. The first-order valence-corrected chi connectivity index (χ1v) is 7.71. The van der Waals surface area contributed by atoms with Crippen molar-refractivity contribution in [3.63, 3.8) is 0 Å². The number of carbonyl (C=O) groups excluding carboxylic acids is 2. The van der Waals surface area contributed by atoms with E-state index >= 15 is 0 Å². The molecule has 4 nitrogen and oxygen atoms in total. The Hall–Kier alpha value is -1.06. The van der Waals surface area contributed by atoms with Crippen LogP contribution in [0, 0.1) is 5.92 Å². The summed E-state index contributed by atoms with van der Waals surface area (Å²) in [7, 11) is 0. The molecule has 110 valence electrons. The lowest BCUT2D eigenvalue weighted by molar-refractivity contribution is -0.131. The zero-order valence-corrected chi connectivity index (χ0v) is 12.4. The number of carbonyl (C=O) groups is 2. The Morgan fingerprint density at radius 1 is 1.16 bits per heavy atom. The molecule has 19 heavy (non-hydrogen) atoms. The van der Waals surface area contributed by atoms with E-state index in [0.29, 0.717) is 18.8 Å². The predicted octanol–water partition coefficient (Wildman–Crippen LogP) is 2.33. The highest BCUT2D eigenvalue weighted by Gasteiger charge is 2.21. The fraction of sp³-hybridized carbons (Fsp3) is 0.867. The molecule has 0 radical (unpaired) electrons. The van der Waals surface area contributed by atoms with Crippen LogP contribution in [-0.2, 0) is 9.59 Å². The van der Waals surface area contributed by atoms with Crippen molar-refractivity contribution >= 4 is 11.8 Å². The normalized spacial score (nSPS) is 19.9. The minimum absolute atomic E-state index is 0.137. The lowest BCUT2D eigenvalue weighted by Crippen LogP contribution is -2.38. The SMILES string of the molecule is CCCC(=O)NCC1CCCCN(C(=O)CCC)C1. The van der Waals surface area contributed by atoms with Gasteiger partial charge in [0.05, 0.1) is 0 Å². The van der Waals surface area contributed by atoms with Crippen LogP contribution >= 0.6 is 0 Å². The summed E-state index contributed by atoms with van der Waals surface area (Å²) < 4.78 is 0. The van der Waals surface area contributed by atoms with E-state index in [9.17, 15) is 9.59 Å². The fourth-order valence-electron chi connectivity index (χ4n) is 2.57. The first-order valence-electron chi connectivity index (χ1n) is 7.71. The second-order valence-electron chi connectivity index (χ2n) is 5.51. The van der Waals surface area contributed by atoms with E-state index in [-0.39, 0.29) is 11.8 Å². The molecule has 0 bridgehead atoms. The number of amides is 2. The molecule has 1 saturated heterocycles. The van der Waals surface area contributed by atoms with E-state index in [1.54, 1.807) is 0 Å². The van der Waals surface area contributed by atoms with Gasteiger partial charge in [-0.15, -0.1) is 0 Å². The van der Waals surface area contributed by atoms with E-state index in [4.69, 9.17) is 0 Å². The number of hydrogen-bond donors (Lipinski definition) is 1. The standard InChI is InChI=1S/C15H28N2O2/c1-3-7-14(18)16-11-13-9-5-6-10-17(12-13)15(19)8-4-2/h13H,3-12H2,1-2H3,(H,16,18). The van der Waals surface area contributed by atoms with Gasteiger partial charge in [0.25, 0.3) is 0 Å². The highest BCUT2D eigenvalue weighted by Crippen LogP contribution is 2.17. The van der Waals surface area contributed by atoms with E-state index in [2.05, 4.69) is 5.32 Å². The van der Waals surface area contributed by atoms with Crippen molar-refractivity contribution in [3.8, 4) is 0 Å². The third-order valence-corrected chi connectivity index (χ3v) is 3.65. The van der Waals surface area contributed by atoms with E-state index in [0.717, 1.165) is 51.7 Å². The topological polar surface area (TPSA) is 49.4 Å². The summed E-state index contributed by atoms with van der Waals surface area (Å²) in [6.45, 7) is 6.47. The van der Waals surface area contributed by atoms with E-state index < -0.39 is 0 Å². The van der Waals surface area contributed by atoms with Gasteiger partial charge in [-0.2, -0.15) is 0 Å². The van der Waals surface area contributed by atoms with Gasteiger partial charge in [0.15, 0.2) is 0 Å². The van der Waals surface area contributed by atoms with Gasteiger partial charge in [-0.25, -0.2) is 0 Å². The average molecular weight is 268 g/mol. The molecule has 4 heteroatoms. The van der Waals surface area contributed by atoms with Crippen LogP contribution in [-0.4, -0.2) is 36.3 Å². The van der Waals surface area contributed by atoms with Gasteiger partial charge < -0.3 is 10.2 Å². The van der Waals surface area contributed by atoms with Crippen molar-refractivity contribution < 1.29 is 9.59 Å². The molecule has 1 unspecified atom stereocenters. The molecule has 1 rings (SSSR count). The molecule has 0 spiro atoms. The van der Waals surface area contributed by atoms with Gasteiger partial charge in [0.1, 0.15) is 0 Å². The molecule has 0 aromatic carbocycles. The molecule has 0 aromatic rings. The summed E-state index contributed by atoms with van der Waals surface area (Å²) in [6, 6.07) is 0. The maximum Gasteiger partial charge on any atom is 0.222 e. The van der Waals surface area contributed by atoms with Gasteiger partial charge in [0.2, 0.25) is 11.8 Å². The summed E-state index contributed by atoms with van der Waals surface area (Å²) in [6.07, 6.45) is 6.41. The Labute approximate surface area is 116 Å². The summed E-state index contributed by atoms with van der Waals surface area (Å²) in [4.78, 5) is 25.5. The zero-order chi connectivity index (χ0) is 14.1. The lowest BCUT2D eigenvalue weighted by Gasteiger charge is -2.24. The number of likely N-dealkylation sites (tertiary alicyclic amines) is 1. The summed E-state index contributed by atoms with van der Waals surface area (Å²) in [5.41, 5.74) is 0. The van der Waals surface area contributed by atoms with Crippen LogP contribution in [0.3, 0.4) is 0 Å². The third-order valence-electron chi connectivity index (χ3n) is 3.65. The molecule has 2 amide bonds. The molecule has 0 saturated carbocycles. The average Bonchev–Trinajstić information content (AvgIpc) is 2.62. The Morgan fingerprint density at radius 2 is 1.89 bits per heavy atom. The summed E-state index contributed by atoms with van der Waals surface area (Å²) in [5.74, 6) is 0.830. The van der Waals surface area contributed by atoms with Crippen molar-refractivity contribution in [2.75, 3.05) is 19.6 Å². The maximum atomic E-state index is 12.0. The largest absolute Gasteiger partial charge is 0.356 e. The van der Waals surface area contributed by atoms with E-state index in [1.807, 2.05) is 18.7 Å². The highest BCUT2D eigenvalue weighted by molar-refractivity contribution is 5.76. The van der Waals surface area contributed by atoms with Gasteiger partial charge in [0, 0.05) is 32.5 Å². The Kier molecular flexibility index (Phi) is 7.53. The van der Waals surface area contributed by atoms with Crippen LogP contribution in [0.5, 0.6) is 0 Å². The molecule has 1 N–H and O–H groups in total. The van der Waals surface area contributed by atoms with Crippen LogP contribution in [0.2, 0.25) is 0 Å². The monoisotopic (exact) mass is 268 g/mol. The van der Waals surface area contributed by atoms with Crippen LogP contribution in [0.25, 0.3) is 0 Å². The minimum atomic E-state index is 0.137. The molecule has 1 heterocycles. The molecule has 0 aromatic heterocycles. The molecular formula is C15H28N2O2. The summed E-state index contributed by atoms with van der Waals surface area (Å²) >= 11 is 0. The van der Waals surface area contributed by atoms with Gasteiger partial charge in [-0.1, -0.05) is 20.3 Å². The van der Waals surface area contributed by atoms with Crippen molar-refractivity contribution in [2.24, 2.45) is 5.92 Å². The fourth-order valence-corrected chi connectivity index (χ4v) is 2.57. The van der Waals surface area contributed by atoms with Crippen molar-refractivity contribution in [1.29, 1.82) is 0 Å². The number of rotatable bonds is 6. The van der Waals surface area contributed by atoms with Gasteiger partial charge >= 0.3 is 0 Å². The van der Waals surface area contributed by atoms with Gasteiger partial charge in [-0.05, 0) is 31.6 Å². The number of nitrogens with zero attached hydrogens (tertiary/aromatic N) is 1. The third kappa shape index (κ3) is 6.08. The second-order valence-corrected chi connectivity index (χ2v) is 5.51.